The molecule has 0 aromatic heterocycles. The maximum absolute atomic E-state index is 11.0. The van der Waals surface area contributed by atoms with Gasteiger partial charge in [0.05, 0.1) is 0 Å². The summed E-state index contributed by atoms with van der Waals surface area (Å²) in [4.78, 5) is 21.1. The van der Waals surface area contributed by atoms with Gasteiger partial charge in [0.25, 0.3) is 0 Å². The van der Waals surface area contributed by atoms with E-state index >= 15 is 0 Å². The molecule has 0 atom stereocenters. The number of hydrogen-bond acceptors (Lipinski definition) is 2. The van der Waals surface area contributed by atoms with Gasteiger partial charge < -0.3 is 15.7 Å². The topological polar surface area (TPSA) is 78.4 Å². The summed E-state index contributed by atoms with van der Waals surface area (Å²) in [6.07, 6.45) is 0.951. The lowest BCUT2D eigenvalue weighted by molar-refractivity contribution is -0.135. The van der Waals surface area contributed by atoms with Crippen molar-refractivity contribution in [1.29, 1.82) is 0 Å². The standard InChI is InChI=1S/C9H18N2O3/c1-4-9(2,3)6-11-8(14)10-5-7(12)13/h4-6H2,1-3H3,(H,12,13)(H2,10,11,14). The molecule has 0 aliphatic carbocycles. The van der Waals surface area contributed by atoms with Crippen LogP contribution < -0.4 is 10.6 Å². The Kier molecular flexibility index (Phi) is 4.97. The van der Waals surface area contributed by atoms with Gasteiger partial charge in [0.1, 0.15) is 6.54 Å². The molecule has 5 heteroatoms. The van der Waals surface area contributed by atoms with Gasteiger partial charge in [-0.05, 0) is 11.8 Å². The summed E-state index contributed by atoms with van der Waals surface area (Å²) in [5.74, 6) is -1.05. The number of nitrogens with one attached hydrogen (secondary N) is 2. The van der Waals surface area contributed by atoms with Crippen LogP contribution in [-0.4, -0.2) is 30.2 Å². The van der Waals surface area contributed by atoms with Gasteiger partial charge >= 0.3 is 12.0 Å². The third-order valence-electron chi connectivity index (χ3n) is 2.08. The van der Waals surface area contributed by atoms with E-state index in [1.54, 1.807) is 0 Å². The quantitative estimate of drug-likeness (QED) is 0.617. The zero-order valence-corrected chi connectivity index (χ0v) is 8.89. The molecule has 0 saturated heterocycles. The fourth-order valence-electron chi connectivity index (χ4n) is 0.663. The fraction of sp³-hybridized carbons (Fsp3) is 0.778. The predicted molar refractivity (Wildman–Crippen MR) is 53.1 cm³/mol. The summed E-state index contributed by atoms with van der Waals surface area (Å²) in [6.45, 7) is 6.29. The molecular weight excluding hydrogens is 184 g/mol. The van der Waals surface area contributed by atoms with Gasteiger partial charge in [0.2, 0.25) is 0 Å². The second-order valence-electron chi connectivity index (χ2n) is 3.95. The van der Waals surface area contributed by atoms with Crippen LogP contribution in [0.5, 0.6) is 0 Å². The lowest BCUT2D eigenvalue weighted by atomic mass is 9.90. The fourth-order valence-corrected chi connectivity index (χ4v) is 0.663. The minimum Gasteiger partial charge on any atom is -0.480 e. The highest BCUT2D eigenvalue weighted by Gasteiger charge is 2.15. The Morgan fingerprint density at radius 3 is 2.29 bits per heavy atom. The van der Waals surface area contributed by atoms with Crippen molar-refractivity contribution in [3.8, 4) is 0 Å². The van der Waals surface area contributed by atoms with Crippen molar-refractivity contribution < 1.29 is 14.7 Å². The minimum absolute atomic E-state index is 0.0422. The molecule has 0 aromatic rings. The summed E-state index contributed by atoms with van der Waals surface area (Å²) in [7, 11) is 0. The maximum atomic E-state index is 11.0. The molecule has 0 saturated carbocycles. The van der Waals surface area contributed by atoms with Gasteiger partial charge in [-0.2, -0.15) is 0 Å². The van der Waals surface area contributed by atoms with Crippen molar-refractivity contribution >= 4 is 12.0 Å². The number of urea groups is 1. The zero-order chi connectivity index (χ0) is 11.2. The van der Waals surface area contributed by atoms with E-state index in [4.69, 9.17) is 5.11 Å². The summed E-state index contributed by atoms with van der Waals surface area (Å²) < 4.78 is 0. The number of carboxylic acids is 1. The minimum atomic E-state index is -1.05. The van der Waals surface area contributed by atoms with Gasteiger partial charge in [-0.3, -0.25) is 4.79 Å². The molecule has 0 unspecified atom stereocenters. The van der Waals surface area contributed by atoms with Crippen LogP contribution in [0.2, 0.25) is 0 Å². The molecule has 82 valence electrons. The van der Waals surface area contributed by atoms with Crippen molar-refractivity contribution in [3.63, 3.8) is 0 Å². The summed E-state index contributed by atoms with van der Waals surface area (Å²) in [5, 5.41) is 13.1. The second kappa shape index (κ2) is 5.47. The van der Waals surface area contributed by atoms with E-state index in [1.165, 1.54) is 0 Å². The Bertz CT molecular complexity index is 214. The van der Waals surface area contributed by atoms with Crippen LogP contribution in [0.4, 0.5) is 4.79 Å². The Hall–Kier alpha value is -1.26. The van der Waals surface area contributed by atoms with Gasteiger partial charge in [-0.1, -0.05) is 20.8 Å². The molecule has 0 aromatic carbocycles. The van der Waals surface area contributed by atoms with E-state index in [2.05, 4.69) is 10.6 Å². The number of carbonyl (C=O) groups excluding carboxylic acids is 1. The molecule has 14 heavy (non-hydrogen) atoms. The molecule has 0 spiro atoms. The highest BCUT2D eigenvalue weighted by molar-refractivity contribution is 5.79. The van der Waals surface area contributed by atoms with Crippen LogP contribution in [0, 0.1) is 5.41 Å². The average molecular weight is 202 g/mol. The Balaban J connectivity index is 3.69. The van der Waals surface area contributed by atoms with E-state index in [9.17, 15) is 9.59 Å². The van der Waals surface area contributed by atoms with Gasteiger partial charge in [0.15, 0.2) is 0 Å². The molecule has 0 bridgehead atoms. The van der Waals surface area contributed by atoms with Crippen molar-refractivity contribution in [1.82, 2.24) is 10.6 Å². The summed E-state index contributed by atoms with van der Waals surface area (Å²) >= 11 is 0. The van der Waals surface area contributed by atoms with Gasteiger partial charge in [-0.25, -0.2) is 4.79 Å². The van der Waals surface area contributed by atoms with E-state index in [0.717, 1.165) is 6.42 Å². The van der Waals surface area contributed by atoms with Crippen molar-refractivity contribution in [2.24, 2.45) is 5.41 Å². The van der Waals surface area contributed by atoms with Gasteiger partial charge in [0, 0.05) is 6.54 Å². The first-order valence-electron chi connectivity index (χ1n) is 4.61. The number of hydrogen-bond donors (Lipinski definition) is 3. The number of rotatable bonds is 5. The molecule has 2 amide bonds. The molecule has 0 fully saturated rings. The number of carbonyl (C=O) groups is 2. The predicted octanol–water partition coefficient (Wildman–Crippen LogP) is 0.806. The van der Waals surface area contributed by atoms with Crippen LogP contribution in [0.15, 0.2) is 0 Å². The first-order chi connectivity index (χ1) is 6.37. The molecule has 0 aliphatic heterocycles. The lowest BCUT2D eigenvalue weighted by Gasteiger charge is -2.22. The Morgan fingerprint density at radius 1 is 1.29 bits per heavy atom. The van der Waals surface area contributed by atoms with Crippen LogP contribution >= 0.6 is 0 Å². The summed E-state index contributed by atoms with van der Waals surface area (Å²) in [6, 6.07) is -0.436. The molecular formula is C9H18N2O3. The number of aliphatic carboxylic acids is 1. The molecule has 0 aliphatic rings. The first kappa shape index (κ1) is 12.7. The maximum Gasteiger partial charge on any atom is 0.323 e. The summed E-state index contributed by atoms with van der Waals surface area (Å²) in [5.41, 5.74) is 0.0422. The Morgan fingerprint density at radius 2 is 1.86 bits per heavy atom. The van der Waals surface area contributed by atoms with Crippen molar-refractivity contribution in [3.05, 3.63) is 0 Å². The van der Waals surface area contributed by atoms with E-state index in [0.29, 0.717) is 6.54 Å². The SMILES string of the molecule is CCC(C)(C)CNC(=O)NCC(=O)O. The van der Waals surface area contributed by atoms with Crippen LogP contribution in [0.3, 0.4) is 0 Å². The third kappa shape index (κ3) is 6.28. The average Bonchev–Trinajstić information content (AvgIpc) is 2.11. The van der Waals surface area contributed by atoms with E-state index < -0.39 is 12.0 Å². The first-order valence-corrected chi connectivity index (χ1v) is 4.61. The van der Waals surface area contributed by atoms with Gasteiger partial charge in [-0.15, -0.1) is 0 Å². The smallest absolute Gasteiger partial charge is 0.323 e. The zero-order valence-electron chi connectivity index (χ0n) is 8.89. The van der Waals surface area contributed by atoms with Crippen LogP contribution in [0.1, 0.15) is 27.2 Å². The highest BCUT2D eigenvalue weighted by atomic mass is 16.4. The molecule has 3 N–H and O–H groups in total. The largest absolute Gasteiger partial charge is 0.480 e. The van der Waals surface area contributed by atoms with Crippen LogP contribution in [-0.2, 0) is 4.79 Å². The third-order valence-corrected chi connectivity index (χ3v) is 2.08. The van der Waals surface area contributed by atoms with Crippen molar-refractivity contribution in [2.75, 3.05) is 13.1 Å². The monoisotopic (exact) mass is 202 g/mol. The molecule has 0 radical (unpaired) electrons. The molecule has 0 rings (SSSR count). The lowest BCUT2D eigenvalue weighted by Crippen LogP contribution is -2.42. The normalized spacial score (nSPS) is 10.8. The molecule has 0 heterocycles. The molecule has 5 nitrogen and oxygen atoms in total. The van der Waals surface area contributed by atoms with Crippen molar-refractivity contribution in [2.45, 2.75) is 27.2 Å². The van der Waals surface area contributed by atoms with Crippen LogP contribution in [0.25, 0.3) is 0 Å². The highest BCUT2D eigenvalue weighted by Crippen LogP contribution is 2.17. The number of carboxylic acid groups (broad SMARTS) is 1. The van der Waals surface area contributed by atoms with E-state index in [1.807, 2.05) is 20.8 Å². The number of amides is 2. The van der Waals surface area contributed by atoms with E-state index in [-0.39, 0.29) is 12.0 Å². The second-order valence-corrected chi connectivity index (χ2v) is 3.95. The Labute approximate surface area is 83.9 Å².